The van der Waals surface area contributed by atoms with E-state index in [9.17, 15) is 13.2 Å². The molecule has 2 aromatic heterocycles. The van der Waals surface area contributed by atoms with Crippen molar-refractivity contribution in [1.29, 1.82) is 0 Å². The molecule has 0 atom stereocenters. The molecule has 0 fully saturated rings. The predicted molar refractivity (Wildman–Crippen MR) is 103 cm³/mol. The molecule has 0 spiro atoms. The lowest BCUT2D eigenvalue weighted by molar-refractivity contribution is 0.0949. The van der Waals surface area contributed by atoms with Crippen molar-refractivity contribution in [1.82, 2.24) is 10.3 Å². The van der Waals surface area contributed by atoms with Crippen molar-refractivity contribution in [3.8, 4) is 0 Å². The SMILES string of the molecule is O=C(NNS(=O)(=O)CCc1cccs1)c1cc2c(s1)CCCCCC2. The summed E-state index contributed by atoms with van der Waals surface area (Å²) < 4.78 is 24.1. The first kappa shape index (κ1) is 18.6. The van der Waals surface area contributed by atoms with Crippen LogP contribution >= 0.6 is 22.7 Å². The zero-order valence-corrected chi connectivity index (χ0v) is 16.4. The Labute approximate surface area is 156 Å². The maximum atomic E-state index is 12.3. The highest BCUT2D eigenvalue weighted by molar-refractivity contribution is 7.89. The van der Waals surface area contributed by atoms with Crippen LogP contribution in [0.25, 0.3) is 0 Å². The Hall–Kier alpha value is -1.22. The molecule has 2 N–H and O–H groups in total. The van der Waals surface area contributed by atoms with Gasteiger partial charge in [-0.05, 0) is 55.2 Å². The summed E-state index contributed by atoms with van der Waals surface area (Å²) in [4.78, 5) is 17.4. The third-order valence-electron chi connectivity index (χ3n) is 4.24. The van der Waals surface area contributed by atoms with E-state index in [0.717, 1.165) is 30.6 Å². The Balaban J connectivity index is 1.55. The largest absolute Gasteiger partial charge is 0.276 e. The molecule has 0 unspecified atom stereocenters. The Kier molecular flexibility index (Phi) is 6.27. The summed E-state index contributed by atoms with van der Waals surface area (Å²) in [6.07, 6.45) is 7.25. The van der Waals surface area contributed by atoms with Crippen molar-refractivity contribution >= 4 is 38.6 Å². The number of carbonyl (C=O) groups is 1. The summed E-state index contributed by atoms with van der Waals surface area (Å²) in [6.45, 7) is 0. The smallest absolute Gasteiger partial charge is 0.273 e. The first-order valence-corrected chi connectivity index (χ1v) is 11.8. The van der Waals surface area contributed by atoms with E-state index in [1.165, 1.54) is 46.0 Å². The minimum atomic E-state index is -3.55. The van der Waals surface area contributed by atoms with Crippen molar-refractivity contribution in [2.45, 2.75) is 44.9 Å². The number of sulfonamides is 1. The van der Waals surface area contributed by atoms with Crippen molar-refractivity contribution < 1.29 is 13.2 Å². The number of amides is 1. The van der Waals surface area contributed by atoms with Gasteiger partial charge in [0.1, 0.15) is 0 Å². The highest BCUT2D eigenvalue weighted by Crippen LogP contribution is 2.28. The molecule has 0 radical (unpaired) electrons. The fourth-order valence-corrected chi connectivity index (χ4v) is 5.71. The van der Waals surface area contributed by atoms with Gasteiger partial charge < -0.3 is 0 Å². The van der Waals surface area contributed by atoms with Gasteiger partial charge in [-0.2, -0.15) is 0 Å². The van der Waals surface area contributed by atoms with E-state index in [4.69, 9.17) is 0 Å². The second-order valence-corrected chi connectivity index (χ2v) is 10.2. The van der Waals surface area contributed by atoms with Crippen LogP contribution in [0.5, 0.6) is 0 Å². The highest BCUT2D eigenvalue weighted by atomic mass is 32.2. The molecule has 0 saturated carbocycles. The van der Waals surface area contributed by atoms with Crippen molar-refractivity contribution in [2.24, 2.45) is 0 Å². The van der Waals surface area contributed by atoms with Gasteiger partial charge >= 0.3 is 0 Å². The van der Waals surface area contributed by atoms with Gasteiger partial charge in [0.15, 0.2) is 0 Å². The summed E-state index contributed by atoms with van der Waals surface area (Å²) >= 11 is 3.01. The fraction of sp³-hybridized carbons (Fsp3) is 0.471. The van der Waals surface area contributed by atoms with Crippen LogP contribution in [-0.4, -0.2) is 20.1 Å². The normalized spacial score (nSPS) is 15.2. The first-order valence-electron chi connectivity index (χ1n) is 8.47. The van der Waals surface area contributed by atoms with Crippen LogP contribution in [-0.2, 0) is 29.3 Å². The van der Waals surface area contributed by atoms with E-state index in [0.29, 0.717) is 11.3 Å². The summed E-state index contributed by atoms with van der Waals surface area (Å²) in [5.74, 6) is -0.425. The van der Waals surface area contributed by atoms with Crippen LogP contribution in [0.3, 0.4) is 0 Å². The summed E-state index contributed by atoms with van der Waals surface area (Å²) in [5.41, 5.74) is 3.59. The first-order chi connectivity index (χ1) is 12.0. The number of carbonyl (C=O) groups excluding carboxylic acids is 1. The lowest BCUT2D eigenvalue weighted by Gasteiger charge is -2.07. The van der Waals surface area contributed by atoms with Gasteiger partial charge in [-0.15, -0.1) is 27.5 Å². The zero-order valence-electron chi connectivity index (χ0n) is 13.9. The van der Waals surface area contributed by atoms with Crippen molar-refractivity contribution in [3.63, 3.8) is 0 Å². The molecule has 2 aromatic rings. The Bertz CT molecular complexity index is 785. The number of hydrogen-bond donors (Lipinski definition) is 2. The maximum absolute atomic E-state index is 12.3. The van der Waals surface area contributed by atoms with Crippen LogP contribution in [0.2, 0.25) is 0 Å². The highest BCUT2D eigenvalue weighted by Gasteiger charge is 2.18. The average molecular weight is 399 g/mol. The van der Waals surface area contributed by atoms with Crippen LogP contribution in [0.15, 0.2) is 23.6 Å². The van der Waals surface area contributed by atoms with E-state index in [-0.39, 0.29) is 11.7 Å². The molecule has 3 rings (SSSR count). The van der Waals surface area contributed by atoms with E-state index >= 15 is 0 Å². The predicted octanol–water partition coefficient (Wildman–Crippen LogP) is 3.28. The fourth-order valence-electron chi connectivity index (χ4n) is 2.88. The number of thiophene rings is 2. The Morgan fingerprint density at radius 2 is 1.96 bits per heavy atom. The van der Waals surface area contributed by atoms with Gasteiger partial charge in [0, 0.05) is 9.75 Å². The number of hydrogen-bond acceptors (Lipinski definition) is 5. The van der Waals surface area contributed by atoms with Crippen LogP contribution in [0.4, 0.5) is 0 Å². The van der Waals surface area contributed by atoms with E-state index in [1.54, 1.807) is 0 Å². The monoisotopic (exact) mass is 398 g/mol. The molecule has 2 heterocycles. The van der Waals surface area contributed by atoms with E-state index in [1.807, 2.05) is 23.6 Å². The third-order valence-corrected chi connectivity index (χ3v) is 7.56. The minimum Gasteiger partial charge on any atom is -0.273 e. The number of hydrazine groups is 1. The Morgan fingerprint density at radius 1 is 1.16 bits per heavy atom. The van der Waals surface area contributed by atoms with Crippen LogP contribution in [0.1, 0.15) is 50.7 Å². The topological polar surface area (TPSA) is 75.3 Å². The standard InChI is InChI=1S/C17H22N2O3S3/c20-17(16-12-13-6-3-1-2-4-8-15(13)24-16)18-19-25(21,22)11-9-14-7-5-10-23-14/h5,7,10,12,19H,1-4,6,8-9,11H2,(H,18,20). The molecule has 1 aliphatic rings. The molecule has 1 amide bonds. The summed E-state index contributed by atoms with van der Waals surface area (Å²) in [7, 11) is -3.55. The van der Waals surface area contributed by atoms with Gasteiger partial charge in [-0.25, -0.2) is 8.42 Å². The quantitative estimate of drug-likeness (QED) is 0.733. The molecule has 136 valence electrons. The summed E-state index contributed by atoms with van der Waals surface area (Å²) in [5, 5.41) is 1.92. The minimum absolute atomic E-state index is 0.0469. The second-order valence-electron chi connectivity index (χ2n) is 6.18. The molecular weight excluding hydrogens is 376 g/mol. The number of nitrogens with one attached hydrogen (secondary N) is 2. The molecule has 5 nitrogen and oxygen atoms in total. The molecule has 0 aromatic carbocycles. The van der Waals surface area contributed by atoms with Crippen molar-refractivity contribution in [2.75, 3.05) is 5.75 Å². The molecule has 0 saturated heterocycles. The second kappa shape index (κ2) is 8.44. The molecule has 0 bridgehead atoms. The average Bonchev–Trinajstić information content (AvgIpc) is 3.21. The van der Waals surface area contributed by atoms with Gasteiger partial charge in [-0.1, -0.05) is 18.9 Å². The van der Waals surface area contributed by atoms with Crippen LogP contribution in [0, 0.1) is 0 Å². The molecule has 8 heteroatoms. The third kappa shape index (κ3) is 5.37. The van der Waals surface area contributed by atoms with Gasteiger partial charge in [0.2, 0.25) is 10.0 Å². The van der Waals surface area contributed by atoms with Gasteiger partial charge in [0.25, 0.3) is 5.91 Å². The number of rotatable bonds is 6. The van der Waals surface area contributed by atoms with E-state index < -0.39 is 10.0 Å². The van der Waals surface area contributed by atoms with Gasteiger partial charge in [-0.3, -0.25) is 10.2 Å². The van der Waals surface area contributed by atoms with Crippen molar-refractivity contribution in [3.05, 3.63) is 43.8 Å². The molecular formula is C17H22N2O3S3. The molecule has 0 aliphatic heterocycles. The lowest BCUT2D eigenvalue weighted by Crippen LogP contribution is -2.42. The molecule has 1 aliphatic carbocycles. The number of fused-ring (bicyclic) bond motifs is 1. The van der Waals surface area contributed by atoms with Gasteiger partial charge in [0.05, 0.1) is 10.6 Å². The van der Waals surface area contributed by atoms with E-state index in [2.05, 4.69) is 10.3 Å². The Morgan fingerprint density at radius 3 is 2.72 bits per heavy atom. The lowest BCUT2D eigenvalue weighted by atomic mass is 10.00. The molecule has 25 heavy (non-hydrogen) atoms. The summed E-state index contributed by atoms with van der Waals surface area (Å²) in [6, 6.07) is 5.71. The van der Waals surface area contributed by atoms with Crippen LogP contribution < -0.4 is 10.3 Å². The number of aryl methyl sites for hydroxylation is 3. The maximum Gasteiger partial charge on any atom is 0.276 e. The zero-order chi connectivity index (χ0) is 17.7.